The number of halogens is 3. The lowest BCUT2D eigenvalue weighted by molar-refractivity contribution is -0.141. The van der Waals surface area contributed by atoms with Gasteiger partial charge in [-0.25, -0.2) is 0 Å². The van der Waals surface area contributed by atoms with Crippen molar-refractivity contribution in [3.63, 3.8) is 0 Å². The van der Waals surface area contributed by atoms with E-state index in [-0.39, 0.29) is 0 Å². The van der Waals surface area contributed by atoms with Gasteiger partial charge in [0.1, 0.15) is 5.69 Å². The quantitative estimate of drug-likeness (QED) is 0.694. The third kappa shape index (κ3) is 6.62. The van der Waals surface area contributed by atoms with Gasteiger partial charge in [0.2, 0.25) is 0 Å². The van der Waals surface area contributed by atoms with Crippen LogP contribution in [0.2, 0.25) is 0 Å². The molecule has 0 N–H and O–H groups in total. The predicted octanol–water partition coefficient (Wildman–Crippen LogP) is 5.41. The van der Waals surface area contributed by atoms with Crippen molar-refractivity contribution in [2.24, 2.45) is 0 Å². The first-order chi connectivity index (χ1) is 8.45. The fourth-order valence-corrected chi connectivity index (χ4v) is 1.27. The first-order valence-electron chi connectivity index (χ1n) is 6.48. The number of alkyl halides is 3. The number of aromatic nitrogens is 1. The molecule has 0 unspecified atom stereocenters. The number of pyridine rings is 1. The van der Waals surface area contributed by atoms with Gasteiger partial charge in [-0.1, -0.05) is 41.0 Å². The zero-order valence-electron chi connectivity index (χ0n) is 12.2. The average molecular weight is 263 g/mol. The summed E-state index contributed by atoms with van der Waals surface area (Å²) in [7, 11) is 0. The largest absolute Gasteiger partial charge is 0.433 e. The van der Waals surface area contributed by atoms with Crippen LogP contribution in [0.5, 0.6) is 0 Å². The standard InChI is InChI=1S/C10H12F3N.2C2H6/c1-3-4-8-6-14-9(5-7(8)2)10(11,12)13;2*1-2/h5-6H,3-4H2,1-2H3;2*1-2H3. The minimum atomic E-state index is -4.34. The molecule has 0 spiro atoms. The van der Waals surface area contributed by atoms with Crippen LogP contribution < -0.4 is 0 Å². The Morgan fingerprint density at radius 2 is 1.61 bits per heavy atom. The highest BCUT2D eigenvalue weighted by Gasteiger charge is 2.32. The number of rotatable bonds is 2. The van der Waals surface area contributed by atoms with Crippen LogP contribution in [0.25, 0.3) is 0 Å². The van der Waals surface area contributed by atoms with Gasteiger partial charge in [-0.15, -0.1) is 0 Å². The smallest absolute Gasteiger partial charge is 0.251 e. The van der Waals surface area contributed by atoms with Crippen LogP contribution in [0, 0.1) is 6.92 Å². The minimum Gasteiger partial charge on any atom is -0.251 e. The molecule has 106 valence electrons. The van der Waals surface area contributed by atoms with Crippen molar-refractivity contribution in [2.75, 3.05) is 0 Å². The molecule has 1 heterocycles. The van der Waals surface area contributed by atoms with Crippen LogP contribution in [0.3, 0.4) is 0 Å². The second kappa shape index (κ2) is 9.92. The van der Waals surface area contributed by atoms with Gasteiger partial charge in [0.15, 0.2) is 0 Å². The second-order valence-corrected chi connectivity index (χ2v) is 3.24. The Morgan fingerprint density at radius 1 is 1.11 bits per heavy atom. The molecular formula is C14H24F3N. The first kappa shape index (κ1) is 19.3. The zero-order chi connectivity index (χ0) is 14.8. The van der Waals surface area contributed by atoms with Gasteiger partial charge < -0.3 is 0 Å². The highest BCUT2D eigenvalue weighted by Crippen LogP contribution is 2.28. The Balaban J connectivity index is 0. The van der Waals surface area contributed by atoms with Crippen molar-refractivity contribution in [1.82, 2.24) is 4.98 Å². The van der Waals surface area contributed by atoms with E-state index in [2.05, 4.69) is 4.98 Å². The van der Waals surface area contributed by atoms with Gasteiger partial charge in [0.05, 0.1) is 0 Å². The summed E-state index contributed by atoms with van der Waals surface area (Å²) in [5, 5.41) is 0. The molecule has 1 aromatic rings. The molecule has 0 aromatic carbocycles. The normalized spacial score (nSPS) is 9.83. The van der Waals surface area contributed by atoms with E-state index in [1.165, 1.54) is 6.20 Å². The summed E-state index contributed by atoms with van der Waals surface area (Å²) in [6.45, 7) is 11.7. The van der Waals surface area contributed by atoms with Gasteiger partial charge in [-0.05, 0) is 30.5 Å². The van der Waals surface area contributed by atoms with E-state index in [1.54, 1.807) is 6.92 Å². The number of aryl methyl sites for hydroxylation is 2. The molecule has 1 aromatic heterocycles. The number of hydrogen-bond acceptors (Lipinski definition) is 1. The Kier molecular flexibility index (Phi) is 10.6. The van der Waals surface area contributed by atoms with Gasteiger partial charge in [0, 0.05) is 6.20 Å². The molecule has 18 heavy (non-hydrogen) atoms. The fraction of sp³-hybridized carbons (Fsp3) is 0.643. The molecule has 4 heteroatoms. The molecule has 0 amide bonds. The SMILES string of the molecule is CC.CC.CCCc1cnc(C(F)(F)F)cc1C. The van der Waals surface area contributed by atoms with Crippen molar-refractivity contribution < 1.29 is 13.2 Å². The topological polar surface area (TPSA) is 12.9 Å². The van der Waals surface area contributed by atoms with E-state index < -0.39 is 11.9 Å². The van der Waals surface area contributed by atoms with Gasteiger partial charge in [0.25, 0.3) is 0 Å². The second-order valence-electron chi connectivity index (χ2n) is 3.24. The Hall–Kier alpha value is -1.06. The van der Waals surface area contributed by atoms with Crippen molar-refractivity contribution >= 4 is 0 Å². The van der Waals surface area contributed by atoms with E-state index in [1.807, 2.05) is 34.6 Å². The first-order valence-corrected chi connectivity index (χ1v) is 6.48. The van der Waals surface area contributed by atoms with Gasteiger partial charge in [-0.3, -0.25) is 4.98 Å². The molecular weight excluding hydrogens is 239 g/mol. The minimum absolute atomic E-state index is 0.661. The summed E-state index contributed by atoms with van der Waals surface area (Å²) in [6, 6.07) is 1.10. The molecule has 0 saturated heterocycles. The van der Waals surface area contributed by atoms with Crippen LogP contribution in [-0.4, -0.2) is 4.98 Å². The van der Waals surface area contributed by atoms with Crippen molar-refractivity contribution in [3.05, 3.63) is 29.1 Å². The van der Waals surface area contributed by atoms with Crippen LogP contribution >= 0.6 is 0 Å². The monoisotopic (exact) mass is 263 g/mol. The summed E-state index contributed by atoms with van der Waals surface area (Å²) in [4.78, 5) is 3.40. The van der Waals surface area contributed by atoms with Crippen molar-refractivity contribution in [1.29, 1.82) is 0 Å². The van der Waals surface area contributed by atoms with Crippen molar-refractivity contribution in [2.45, 2.75) is 60.6 Å². The van der Waals surface area contributed by atoms with Gasteiger partial charge in [-0.2, -0.15) is 13.2 Å². The summed E-state index contributed by atoms with van der Waals surface area (Å²) in [5.74, 6) is 0. The summed E-state index contributed by atoms with van der Waals surface area (Å²) >= 11 is 0. The summed E-state index contributed by atoms with van der Waals surface area (Å²) in [5.41, 5.74) is 0.740. The Morgan fingerprint density at radius 3 is 1.94 bits per heavy atom. The molecule has 0 bridgehead atoms. The number of nitrogens with zero attached hydrogens (tertiary/aromatic N) is 1. The average Bonchev–Trinajstić information content (AvgIpc) is 2.36. The molecule has 1 nitrogen and oxygen atoms in total. The fourth-order valence-electron chi connectivity index (χ4n) is 1.27. The van der Waals surface area contributed by atoms with Crippen LogP contribution in [0.4, 0.5) is 13.2 Å². The van der Waals surface area contributed by atoms with E-state index in [9.17, 15) is 13.2 Å². The lowest BCUT2D eigenvalue weighted by Crippen LogP contribution is -2.09. The zero-order valence-corrected chi connectivity index (χ0v) is 12.2. The summed E-state index contributed by atoms with van der Waals surface area (Å²) in [6.07, 6.45) is -1.33. The van der Waals surface area contributed by atoms with E-state index in [4.69, 9.17) is 0 Å². The Bertz CT molecular complexity index is 319. The van der Waals surface area contributed by atoms with Gasteiger partial charge >= 0.3 is 6.18 Å². The highest BCUT2D eigenvalue weighted by atomic mass is 19.4. The molecule has 0 aliphatic heterocycles. The maximum absolute atomic E-state index is 12.2. The Labute approximate surface area is 108 Å². The molecule has 0 radical (unpaired) electrons. The third-order valence-electron chi connectivity index (χ3n) is 2.03. The lowest BCUT2D eigenvalue weighted by Gasteiger charge is -2.09. The summed E-state index contributed by atoms with van der Waals surface area (Å²) < 4.78 is 36.7. The molecule has 0 aliphatic rings. The van der Waals surface area contributed by atoms with E-state index in [0.717, 1.165) is 24.5 Å². The molecule has 0 saturated carbocycles. The van der Waals surface area contributed by atoms with Crippen molar-refractivity contribution in [3.8, 4) is 0 Å². The maximum Gasteiger partial charge on any atom is 0.433 e. The van der Waals surface area contributed by atoms with E-state index in [0.29, 0.717) is 5.56 Å². The molecule has 0 atom stereocenters. The molecule has 0 fully saturated rings. The molecule has 1 rings (SSSR count). The van der Waals surface area contributed by atoms with E-state index >= 15 is 0 Å². The van der Waals surface area contributed by atoms with Crippen LogP contribution in [0.15, 0.2) is 12.3 Å². The van der Waals surface area contributed by atoms with Crippen LogP contribution in [-0.2, 0) is 12.6 Å². The molecule has 0 aliphatic carbocycles. The maximum atomic E-state index is 12.2. The lowest BCUT2D eigenvalue weighted by atomic mass is 10.1. The predicted molar refractivity (Wildman–Crippen MR) is 70.7 cm³/mol. The van der Waals surface area contributed by atoms with Crippen LogP contribution in [0.1, 0.15) is 57.9 Å². The number of hydrogen-bond donors (Lipinski definition) is 0. The third-order valence-corrected chi connectivity index (χ3v) is 2.03. The highest BCUT2D eigenvalue weighted by molar-refractivity contribution is 5.26.